The Balaban J connectivity index is 1.51. The number of carbonyl (C=O) groups excluding carboxylic acids is 1. The molecule has 0 aromatic heterocycles. The lowest BCUT2D eigenvalue weighted by Crippen LogP contribution is -2.43. The maximum absolute atomic E-state index is 12.8. The molecular formula is C22H33NO5. The first-order valence-corrected chi connectivity index (χ1v) is 10.4. The summed E-state index contributed by atoms with van der Waals surface area (Å²) in [6.45, 7) is 1.86. The molecule has 6 heteroatoms. The minimum absolute atomic E-state index is 0.0510. The average molecular weight is 392 g/mol. The molecule has 3 rings (SSSR count). The third-order valence-electron chi connectivity index (χ3n) is 6.05. The summed E-state index contributed by atoms with van der Waals surface area (Å²) < 4.78 is 16.4. The number of ether oxygens (including phenoxy) is 3. The van der Waals surface area contributed by atoms with E-state index in [1.165, 1.54) is 0 Å². The van der Waals surface area contributed by atoms with Crippen LogP contribution >= 0.6 is 0 Å². The van der Waals surface area contributed by atoms with E-state index in [1.54, 1.807) is 20.3 Å². The SMILES string of the molecule is COc1cc(C)c(C(=O)OC2CCC(NC3CCC(O)CC3)CC2)c(OC)c1. The first-order valence-electron chi connectivity index (χ1n) is 10.4. The molecule has 1 aromatic rings. The van der Waals surface area contributed by atoms with E-state index in [1.807, 2.05) is 13.0 Å². The Morgan fingerprint density at radius 3 is 2.14 bits per heavy atom. The zero-order valence-corrected chi connectivity index (χ0v) is 17.2. The quantitative estimate of drug-likeness (QED) is 0.724. The molecule has 0 aliphatic heterocycles. The number of methoxy groups -OCH3 is 2. The van der Waals surface area contributed by atoms with Gasteiger partial charge in [-0.3, -0.25) is 0 Å². The van der Waals surface area contributed by atoms with E-state index in [4.69, 9.17) is 14.2 Å². The van der Waals surface area contributed by atoms with E-state index in [-0.39, 0.29) is 18.2 Å². The van der Waals surface area contributed by atoms with Crippen LogP contribution in [0.2, 0.25) is 0 Å². The second-order valence-electron chi connectivity index (χ2n) is 8.07. The molecule has 156 valence electrons. The van der Waals surface area contributed by atoms with Crippen LogP contribution in [-0.2, 0) is 4.74 Å². The highest BCUT2D eigenvalue weighted by atomic mass is 16.5. The molecule has 0 heterocycles. The third kappa shape index (κ3) is 5.17. The van der Waals surface area contributed by atoms with Crippen LogP contribution in [0.1, 0.15) is 67.3 Å². The maximum atomic E-state index is 12.8. The van der Waals surface area contributed by atoms with Crippen molar-refractivity contribution in [3.8, 4) is 11.5 Å². The highest BCUT2D eigenvalue weighted by molar-refractivity contribution is 5.94. The van der Waals surface area contributed by atoms with Gasteiger partial charge in [0, 0.05) is 18.2 Å². The molecule has 1 aromatic carbocycles. The number of hydrogen-bond acceptors (Lipinski definition) is 6. The number of aryl methyl sites for hydroxylation is 1. The summed E-state index contributed by atoms with van der Waals surface area (Å²) in [5, 5.41) is 13.4. The molecule has 2 aliphatic carbocycles. The smallest absolute Gasteiger partial charge is 0.342 e. The van der Waals surface area contributed by atoms with Crippen molar-refractivity contribution in [1.82, 2.24) is 5.32 Å². The van der Waals surface area contributed by atoms with Crippen molar-refractivity contribution in [3.05, 3.63) is 23.3 Å². The highest BCUT2D eigenvalue weighted by Crippen LogP contribution is 2.31. The first-order chi connectivity index (χ1) is 13.5. The van der Waals surface area contributed by atoms with Gasteiger partial charge in [0.25, 0.3) is 0 Å². The van der Waals surface area contributed by atoms with Crippen molar-refractivity contribution in [2.45, 2.75) is 82.6 Å². The largest absolute Gasteiger partial charge is 0.497 e. The normalized spacial score (nSPS) is 27.9. The molecule has 0 amide bonds. The standard InChI is InChI=1S/C22H33NO5/c1-14-12-19(26-2)13-20(27-3)21(14)22(25)28-18-10-6-16(7-11-18)23-15-4-8-17(24)9-5-15/h12-13,15-18,23-24H,4-11H2,1-3H3. The molecule has 0 unspecified atom stereocenters. The van der Waals surface area contributed by atoms with E-state index >= 15 is 0 Å². The van der Waals surface area contributed by atoms with Crippen molar-refractivity contribution >= 4 is 5.97 Å². The second-order valence-corrected chi connectivity index (χ2v) is 8.07. The predicted octanol–water partition coefficient (Wildman–Crippen LogP) is 3.37. The van der Waals surface area contributed by atoms with Crippen LogP contribution < -0.4 is 14.8 Å². The van der Waals surface area contributed by atoms with Crippen molar-refractivity contribution in [1.29, 1.82) is 0 Å². The predicted molar refractivity (Wildman–Crippen MR) is 107 cm³/mol. The van der Waals surface area contributed by atoms with Crippen LogP contribution in [0.4, 0.5) is 0 Å². The molecule has 2 fully saturated rings. The van der Waals surface area contributed by atoms with Crippen LogP contribution in [0.3, 0.4) is 0 Å². The number of carbonyl (C=O) groups is 1. The molecular weight excluding hydrogens is 358 g/mol. The molecule has 2 N–H and O–H groups in total. The lowest BCUT2D eigenvalue weighted by atomic mass is 9.89. The van der Waals surface area contributed by atoms with Crippen molar-refractivity contribution in [2.24, 2.45) is 0 Å². The van der Waals surface area contributed by atoms with Gasteiger partial charge in [-0.1, -0.05) is 0 Å². The van der Waals surface area contributed by atoms with Gasteiger partial charge >= 0.3 is 5.97 Å². The summed E-state index contributed by atoms with van der Waals surface area (Å²) in [5.74, 6) is 0.819. The van der Waals surface area contributed by atoms with Crippen LogP contribution in [0.25, 0.3) is 0 Å². The average Bonchev–Trinajstić information content (AvgIpc) is 2.70. The minimum atomic E-state index is -0.324. The fraction of sp³-hybridized carbons (Fsp3) is 0.682. The maximum Gasteiger partial charge on any atom is 0.342 e. The first kappa shape index (κ1) is 20.9. The number of aliphatic hydroxyl groups excluding tert-OH is 1. The molecule has 28 heavy (non-hydrogen) atoms. The molecule has 6 nitrogen and oxygen atoms in total. The lowest BCUT2D eigenvalue weighted by Gasteiger charge is -2.34. The molecule has 0 saturated heterocycles. The summed E-state index contributed by atoms with van der Waals surface area (Å²) in [4.78, 5) is 12.8. The Kier molecular flexibility index (Phi) is 7.18. The van der Waals surface area contributed by atoms with E-state index in [0.29, 0.717) is 29.1 Å². The number of esters is 1. The van der Waals surface area contributed by atoms with E-state index < -0.39 is 0 Å². The Hall–Kier alpha value is -1.79. The monoisotopic (exact) mass is 391 g/mol. The fourth-order valence-electron chi connectivity index (χ4n) is 4.40. The number of nitrogens with one attached hydrogen (secondary N) is 1. The number of rotatable bonds is 6. The fourth-order valence-corrected chi connectivity index (χ4v) is 4.40. The van der Waals surface area contributed by atoms with Crippen LogP contribution in [-0.4, -0.2) is 49.6 Å². The summed E-state index contributed by atoms with van der Waals surface area (Å²) >= 11 is 0. The van der Waals surface area contributed by atoms with Crippen LogP contribution in [0.15, 0.2) is 12.1 Å². The Bertz CT molecular complexity index is 661. The van der Waals surface area contributed by atoms with Gasteiger partial charge in [-0.15, -0.1) is 0 Å². The highest BCUT2D eigenvalue weighted by Gasteiger charge is 2.28. The van der Waals surface area contributed by atoms with Crippen LogP contribution in [0.5, 0.6) is 11.5 Å². The number of aliphatic hydroxyl groups is 1. The summed E-state index contributed by atoms with van der Waals surface area (Å²) in [6, 6.07) is 4.53. The van der Waals surface area contributed by atoms with Gasteiger partial charge < -0.3 is 24.6 Å². The second kappa shape index (κ2) is 9.61. The van der Waals surface area contributed by atoms with E-state index in [9.17, 15) is 9.90 Å². The van der Waals surface area contributed by atoms with Gasteiger partial charge in [0.05, 0.1) is 20.3 Å². The number of benzene rings is 1. The van der Waals surface area contributed by atoms with Gasteiger partial charge in [-0.05, 0) is 69.9 Å². The molecule has 0 bridgehead atoms. The molecule has 0 radical (unpaired) electrons. The summed E-state index contributed by atoms with van der Waals surface area (Å²) in [5.41, 5.74) is 1.26. The summed E-state index contributed by atoms with van der Waals surface area (Å²) in [6.07, 6.45) is 7.48. The zero-order chi connectivity index (χ0) is 20.1. The summed E-state index contributed by atoms with van der Waals surface area (Å²) in [7, 11) is 3.14. The topological polar surface area (TPSA) is 77.0 Å². The van der Waals surface area contributed by atoms with Crippen molar-refractivity contribution in [2.75, 3.05) is 14.2 Å². The Morgan fingerprint density at radius 1 is 0.964 bits per heavy atom. The van der Waals surface area contributed by atoms with E-state index in [0.717, 1.165) is 56.9 Å². The zero-order valence-electron chi connectivity index (χ0n) is 17.2. The Labute approximate surface area is 167 Å². The van der Waals surface area contributed by atoms with Crippen molar-refractivity contribution < 1.29 is 24.1 Å². The van der Waals surface area contributed by atoms with Gasteiger partial charge in [-0.2, -0.15) is 0 Å². The number of hydrogen-bond donors (Lipinski definition) is 2. The van der Waals surface area contributed by atoms with Crippen LogP contribution in [0, 0.1) is 6.92 Å². The van der Waals surface area contributed by atoms with Crippen molar-refractivity contribution in [3.63, 3.8) is 0 Å². The molecule has 2 aliphatic rings. The Morgan fingerprint density at radius 2 is 1.57 bits per heavy atom. The van der Waals surface area contributed by atoms with Gasteiger partial charge in [0.15, 0.2) is 0 Å². The van der Waals surface area contributed by atoms with E-state index in [2.05, 4.69) is 5.32 Å². The van der Waals surface area contributed by atoms with Gasteiger partial charge in [-0.25, -0.2) is 4.79 Å². The molecule has 2 saturated carbocycles. The van der Waals surface area contributed by atoms with Gasteiger partial charge in [0.1, 0.15) is 23.2 Å². The molecule has 0 spiro atoms. The van der Waals surface area contributed by atoms with Gasteiger partial charge in [0.2, 0.25) is 0 Å². The lowest BCUT2D eigenvalue weighted by molar-refractivity contribution is 0.0173. The minimum Gasteiger partial charge on any atom is -0.497 e. The molecule has 0 atom stereocenters. The third-order valence-corrected chi connectivity index (χ3v) is 6.05.